The van der Waals surface area contributed by atoms with Crippen LogP contribution in [0.2, 0.25) is 0 Å². The predicted octanol–water partition coefficient (Wildman–Crippen LogP) is 3.74. The summed E-state index contributed by atoms with van der Waals surface area (Å²) in [7, 11) is 1.99. The van der Waals surface area contributed by atoms with Crippen LogP contribution in [0.4, 0.5) is 4.39 Å². The van der Waals surface area contributed by atoms with E-state index >= 15 is 0 Å². The van der Waals surface area contributed by atoms with Crippen molar-refractivity contribution >= 4 is 27.3 Å². The molecule has 0 radical (unpaired) electrons. The average Bonchev–Trinajstić information content (AvgIpc) is 2.77. The standard InChI is InChI=1S/C14H16BrFN2S/c1-18(7-11-5-14(15)19-9-11)8-12-4-10(6-17)2-3-13(12)16/h2-5,9H,6-8,17H2,1H3. The molecule has 0 saturated heterocycles. The third kappa shape index (κ3) is 4.11. The van der Waals surface area contributed by atoms with Gasteiger partial charge in [0.05, 0.1) is 3.79 Å². The molecule has 0 unspecified atom stereocenters. The summed E-state index contributed by atoms with van der Waals surface area (Å²) < 4.78 is 14.9. The van der Waals surface area contributed by atoms with Gasteiger partial charge in [0, 0.05) is 25.2 Å². The van der Waals surface area contributed by atoms with Crippen molar-refractivity contribution in [2.24, 2.45) is 5.73 Å². The minimum Gasteiger partial charge on any atom is -0.326 e. The van der Waals surface area contributed by atoms with Crippen LogP contribution in [-0.2, 0) is 19.6 Å². The summed E-state index contributed by atoms with van der Waals surface area (Å²) in [6, 6.07) is 7.16. The van der Waals surface area contributed by atoms with Gasteiger partial charge in [-0.15, -0.1) is 11.3 Å². The Balaban J connectivity index is 2.03. The van der Waals surface area contributed by atoms with Gasteiger partial charge in [0.15, 0.2) is 0 Å². The van der Waals surface area contributed by atoms with Crippen molar-refractivity contribution in [1.82, 2.24) is 4.90 Å². The summed E-state index contributed by atoms with van der Waals surface area (Å²) in [5.41, 5.74) is 8.47. The van der Waals surface area contributed by atoms with Crippen LogP contribution in [0.25, 0.3) is 0 Å². The highest BCUT2D eigenvalue weighted by Crippen LogP contribution is 2.22. The molecule has 2 N–H and O–H groups in total. The molecule has 2 rings (SSSR count). The number of halogens is 2. The number of rotatable bonds is 5. The van der Waals surface area contributed by atoms with Gasteiger partial charge in [-0.25, -0.2) is 4.39 Å². The molecule has 2 nitrogen and oxygen atoms in total. The first-order chi connectivity index (χ1) is 9.08. The molecule has 102 valence electrons. The molecule has 0 spiro atoms. The Morgan fingerprint density at radius 1 is 1.26 bits per heavy atom. The highest BCUT2D eigenvalue weighted by Gasteiger charge is 2.08. The van der Waals surface area contributed by atoms with Crippen LogP contribution >= 0.6 is 27.3 Å². The first-order valence-corrected chi connectivity index (χ1v) is 7.64. The number of nitrogens with zero attached hydrogens (tertiary/aromatic N) is 1. The number of benzene rings is 1. The lowest BCUT2D eigenvalue weighted by Crippen LogP contribution is -2.18. The van der Waals surface area contributed by atoms with Crippen molar-refractivity contribution in [3.8, 4) is 0 Å². The second kappa shape index (κ2) is 6.61. The minimum absolute atomic E-state index is 0.171. The maximum Gasteiger partial charge on any atom is 0.127 e. The molecule has 0 aliphatic heterocycles. The normalized spacial score (nSPS) is 11.2. The molecule has 5 heteroatoms. The lowest BCUT2D eigenvalue weighted by atomic mass is 10.1. The van der Waals surface area contributed by atoms with Crippen molar-refractivity contribution in [2.75, 3.05) is 7.05 Å². The van der Waals surface area contributed by atoms with Gasteiger partial charge in [-0.3, -0.25) is 4.90 Å². The fourth-order valence-electron chi connectivity index (χ4n) is 1.96. The number of hydrogen-bond acceptors (Lipinski definition) is 3. The largest absolute Gasteiger partial charge is 0.326 e. The molecule has 0 amide bonds. The van der Waals surface area contributed by atoms with Gasteiger partial charge in [0.25, 0.3) is 0 Å². The van der Waals surface area contributed by atoms with Gasteiger partial charge in [0.2, 0.25) is 0 Å². The van der Waals surface area contributed by atoms with E-state index in [2.05, 4.69) is 32.3 Å². The molecule has 0 saturated carbocycles. The van der Waals surface area contributed by atoms with E-state index in [-0.39, 0.29) is 5.82 Å². The van der Waals surface area contributed by atoms with Crippen LogP contribution in [0, 0.1) is 5.82 Å². The maximum absolute atomic E-state index is 13.7. The fourth-order valence-corrected chi connectivity index (χ4v) is 3.16. The molecule has 2 aromatic rings. The van der Waals surface area contributed by atoms with E-state index in [4.69, 9.17) is 5.73 Å². The summed E-state index contributed by atoms with van der Waals surface area (Å²) in [6.45, 7) is 1.82. The number of thiophene rings is 1. The molecule has 1 aromatic carbocycles. The van der Waals surface area contributed by atoms with E-state index in [1.807, 2.05) is 13.1 Å². The molecular formula is C14H16BrFN2S. The quantitative estimate of drug-likeness (QED) is 0.896. The SMILES string of the molecule is CN(Cc1csc(Br)c1)Cc1cc(CN)ccc1F. The Morgan fingerprint density at radius 3 is 2.68 bits per heavy atom. The average molecular weight is 343 g/mol. The van der Waals surface area contributed by atoms with Crippen molar-refractivity contribution in [3.05, 3.63) is 55.9 Å². The van der Waals surface area contributed by atoms with Crippen LogP contribution in [0.5, 0.6) is 0 Å². The summed E-state index contributed by atoms with van der Waals surface area (Å²) in [5, 5.41) is 2.10. The zero-order valence-electron chi connectivity index (χ0n) is 10.7. The fraction of sp³-hybridized carbons (Fsp3) is 0.286. The molecule has 0 bridgehead atoms. The van der Waals surface area contributed by atoms with Crippen molar-refractivity contribution in [3.63, 3.8) is 0 Å². The van der Waals surface area contributed by atoms with E-state index in [0.29, 0.717) is 18.7 Å². The van der Waals surface area contributed by atoms with E-state index in [0.717, 1.165) is 15.9 Å². The Hall–Kier alpha value is -0.750. The second-order valence-electron chi connectivity index (χ2n) is 4.56. The molecule has 0 aliphatic rings. The van der Waals surface area contributed by atoms with Gasteiger partial charge in [-0.1, -0.05) is 12.1 Å². The summed E-state index contributed by atoms with van der Waals surface area (Å²) in [5.74, 6) is -0.171. The third-order valence-electron chi connectivity index (χ3n) is 2.86. The minimum atomic E-state index is -0.171. The Kier molecular flexibility index (Phi) is 5.10. The third-order valence-corrected chi connectivity index (χ3v) is 4.41. The summed E-state index contributed by atoms with van der Waals surface area (Å²) >= 11 is 5.11. The van der Waals surface area contributed by atoms with Crippen LogP contribution in [-0.4, -0.2) is 11.9 Å². The van der Waals surface area contributed by atoms with E-state index in [1.165, 1.54) is 11.6 Å². The topological polar surface area (TPSA) is 29.3 Å². The zero-order valence-corrected chi connectivity index (χ0v) is 13.1. The lowest BCUT2D eigenvalue weighted by molar-refractivity contribution is 0.314. The summed E-state index contributed by atoms with van der Waals surface area (Å²) in [6.07, 6.45) is 0. The number of hydrogen-bond donors (Lipinski definition) is 1. The van der Waals surface area contributed by atoms with Gasteiger partial charge in [0.1, 0.15) is 5.82 Å². The molecule has 19 heavy (non-hydrogen) atoms. The van der Waals surface area contributed by atoms with E-state index in [1.54, 1.807) is 17.4 Å². The Labute approximate surface area is 125 Å². The Morgan fingerprint density at radius 2 is 2.05 bits per heavy atom. The van der Waals surface area contributed by atoms with Crippen molar-refractivity contribution < 1.29 is 4.39 Å². The maximum atomic E-state index is 13.7. The van der Waals surface area contributed by atoms with Crippen LogP contribution in [0.1, 0.15) is 16.7 Å². The van der Waals surface area contributed by atoms with E-state index in [9.17, 15) is 4.39 Å². The Bertz CT molecular complexity index is 556. The van der Waals surface area contributed by atoms with Crippen LogP contribution < -0.4 is 5.73 Å². The molecule has 0 atom stereocenters. The van der Waals surface area contributed by atoms with E-state index < -0.39 is 0 Å². The van der Waals surface area contributed by atoms with Gasteiger partial charge >= 0.3 is 0 Å². The van der Waals surface area contributed by atoms with Gasteiger partial charge in [-0.05, 0) is 51.6 Å². The lowest BCUT2D eigenvalue weighted by Gasteiger charge is -2.17. The molecule has 0 aliphatic carbocycles. The smallest absolute Gasteiger partial charge is 0.127 e. The number of nitrogens with two attached hydrogens (primary N) is 1. The second-order valence-corrected chi connectivity index (χ2v) is 6.85. The zero-order chi connectivity index (χ0) is 13.8. The van der Waals surface area contributed by atoms with Crippen LogP contribution in [0.15, 0.2) is 33.4 Å². The molecule has 1 heterocycles. The molecule has 1 aromatic heterocycles. The highest BCUT2D eigenvalue weighted by molar-refractivity contribution is 9.11. The van der Waals surface area contributed by atoms with Crippen molar-refractivity contribution in [1.29, 1.82) is 0 Å². The first kappa shape index (κ1) is 14.7. The molecule has 0 fully saturated rings. The monoisotopic (exact) mass is 342 g/mol. The van der Waals surface area contributed by atoms with Crippen LogP contribution in [0.3, 0.4) is 0 Å². The molecular weight excluding hydrogens is 327 g/mol. The summed E-state index contributed by atoms with van der Waals surface area (Å²) in [4.78, 5) is 2.09. The highest BCUT2D eigenvalue weighted by atomic mass is 79.9. The predicted molar refractivity (Wildman–Crippen MR) is 81.5 cm³/mol. The van der Waals surface area contributed by atoms with Gasteiger partial charge in [-0.2, -0.15) is 0 Å². The van der Waals surface area contributed by atoms with Crippen molar-refractivity contribution in [2.45, 2.75) is 19.6 Å². The first-order valence-electron chi connectivity index (χ1n) is 5.97. The van der Waals surface area contributed by atoms with Gasteiger partial charge < -0.3 is 5.73 Å².